The Morgan fingerprint density at radius 3 is 2.48 bits per heavy atom. The van der Waals surface area contributed by atoms with Crippen molar-refractivity contribution in [2.75, 3.05) is 39.3 Å². The summed E-state index contributed by atoms with van der Waals surface area (Å²) in [5, 5.41) is 8.08. The summed E-state index contributed by atoms with van der Waals surface area (Å²) in [6, 6.07) is 2.50. The van der Waals surface area contributed by atoms with Crippen LogP contribution in [0.15, 0.2) is 6.07 Å². The zero-order valence-corrected chi connectivity index (χ0v) is 16.4. The van der Waals surface area contributed by atoms with Crippen LogP contribution in [-0.2, 0) is 5.54 Å². The minimum atomic E-state index is -0.119. The molecule has 140 valence electrons. The fourth-order valence-electron chi connectivity index (χ4n) is 3.88. The van der Waals surface area contributed by atoms with E-state index in [0.717, 1.165) is 51.4 Å². The largest absolute Gasteiger partial charge is 0.336 e. The minimum Gasteiger partial charge on any atom is -0.336 e. The Kier molecular flexibility index (Phi) is 5.21. The van der Waals surface area contributed by atoms with E-state index in [2.05, 4.69) is 49.9 Å². The van der Waals surface area contributed by atoms with Gasteiger partial charge in [-0.15, -0.1) is 0 Å². The zero-order chi connectivity index (χ0) is 18.2. The van der Waals surface area contributed by atoms with Crippen LogP contribution in [0, 0.1) is 0 Å². The van der Waals surface area contributed by atoms with Crippen molar-refractivity contribution >= 4 is 5.91 Å². The van der Waals surface area contributed by atoms with Crippen LogP contribution >= 0.6 is 0 Å². The maximum absolute atomic E-state index is 13.0. The van der Waals surface area contributed by atoms with Gasteiger partial charge < -0.3 is 10.2 Å². The zero-order valence-electron chi connectivity index (χ0n) is 16.4. The monoisotopic (exact) mass is 347 g/mol. The molecular weight excluding hydrogens is 314 g/mol. The van der Waals surface area contributed by atoms with E-state index in [1.165, 1.54) is 0 Å². The lowest BCUT2D eigenvalue weighted by atomic mass is 10.1. The van der Waals surface area contributed by atoms with Crippen molar-refractivity contribution in [2.24, 2.45) is 0 Å². The first kappa shape index (κ1) is 18.4. The molecule has 1 amide bonds. The van der Waals surface area contributed by atoms with E-state index in [1.54, 1.807) is 0 Å². The molecule has 3 rings (SSSR count). The molecule has 1 unspecified atom stereocenters. The van der Waals surface area contributed by atoms with Gasteiger partial charge in [-0.25, -0.2) is 0 Å². The highest BCUT2D eigenvalue weighted by molar-refractivity contribution is 5.92. The lowest BCUT2D eigenvalue weighted by Crippen LogP contribution is -2.49. The fraction of sp³-hybridized carbons (Fsp3) is 0.789. The number of piperazine rings is 1. The predicted molar refractivity (Wildman–Crippen MR) is 100 cm³/mol. The second-order valence-electron chi connectivity index (χ2n) is 8.67. The van der Waals surface area contributed by atoms with E-state index >= 15 is 0 Å². The van der Waals surface area contributed by atoms with E-state index in [1.807, 2.05) is 15.6 Å². The van der Waals surface area contributed by atoms with Crippen molar-refractivity contribution in [3.8, 4) is 0 Å². The first-order chi connectivity index (χ1) is 11.8. The van der Waals surface area contributed by atoms with Gasteiger partial charge in [0.2, 0.25) is 0 Å². The molecular formula is C19H33N5O. The maximum Gasteiger partial charge on any atom is 0.274 e. The second kappa shape index (κ2) is 7.08. The SMILES string of the molecule is CC(C)c1cc(C(=O)N2CCC(N3CCNCC3)C2)nn1C(C)(C)C. The number of aromatic nitrogens is 2. The molecule has 2 aliphatic heterocycles. The highest BCUT2D eigenvalue weighted by Crippen LogP contribution is 2.25. The molecule has 0 bridgehead atoms. The summed E-state index contributed by atoms with van der Waals surface area (Å²) in [4.78, 5) is 17.5. The number of carbonyl (C=O) groups excluding carboxylic acids is 1. The quantitative estimate of drug-likeness (QED) is 0.907. The molecule has 1 aromatic heterocycles. The van der Waals surface area contributed by atoms with Crippen LogP contribution in [0.25, 0.3) is 0 Å². The van der Waals surface area contributed by atoms with E-state index in [4.69, 9.17) is 0 Å². The van der Waals surface area contributed by atoms with Gasteiger partial charge in [0, 0.05) is 51.0 Å². The number of rotatable bonds is 3. The molecule has 1 N–H and O–H groups in total. The molecule has 3 heterocycles. The van der Waals surface area contributed by atoms with Crippen molar-refractivity contribution in [3.63, 3.8) is 0 Å². The molecule has 0 saturated carbocycles. The van der Waals surface area contributed by atoms with Crippen LogP contribution in [0.5, 0.6) is 0 Å². The summed E-state index contributed by atoms with van der Waals surface area (Å²) in [7, 11) is 0. The van der Waals surface area contributed by atoms with Gasteiger partial charge in [-0.05, 0) is 39.2 Å². The van der Waals surface area contributed by atoms with Gasteiger partial charge in [-0.3, -0.25) is 14.4 Å². The Hall–Kier alpha value is -1.40. The Morgan fingerprint density at radius 1 is 1.24 bits per heavy atom. The predicted octanol–water partition coefficient (Wildman–Crippen LogP) is 1.88. The second-order valence-corrected chi connectivity index (χ2v) is 8.67. The number of nitrogens with one attached hydrogen (secondary N) is 1. The molecule has 2 saturated heterocycles. The normalized spacial score (nSPS) is 22.8. The molecule has 0 aromatic carbocycles. The van der Waals surface area contributed by atoms with Gasteiger partial charge >= 0.3 is 0 Å². The average molecular weight is 348 g/mol. The standard InChI is InChI=1S/C19H33N5O/c1-14(2)17-12-16(21-24(17)19(3,4)5)18(25)23-9-6-15(13-23)22-10-7-20-8-11-22/h12,14-15,20H,6-11,13H2,1-5H3. The lowest BCUT2D eigenvalue weighted by molar-refractivity contribution is 0.0766. The van der Waals surface area contributed by atoms with Gasteiger partial charge in [0.25, 0.3) is 5.91 Å². The molecule has 0 spiro atoms. The van der Waals surface area contributed by atoms with Gasteiger partial charge in [-0.2, -0.15) is 5.10 Å². The summed E-state index contributed by atoms with van der Waals surface area (Å²) in [6.07, 6.45) is 1.07. The third-order valence-electron chi connectivity index (χ3n) is 5.30. The summed E-state index contributed by atoms with van der Waals surface area (Å²) < 4.78 is 2.02. The smallest absolute Gasteiger partial charge is 0.274 e. The fourth-order valence-corrected chi connectivity index (χ4v) is 3.88. The van der Waals surface area contributed by atoms with Gasteiger partial charge in [0.1, 0.15) is 0 Å². The summed E-state index contributed by atoms with van der Waals surface area (Å²) in [5.74, 6) is 0.433. The lowest BCUT2D eigenvalue weighted by Gasteiger charge is -2.32. The number of amides is 1. The molecule has 25 heavy (non-hydrogen) atoms. The minimum absolute atomic E-state index is 0.0857. The van der Waals surface area contributed by atoms with Crippen LogP contribution in [0.3, 0.4) is 0 Å². The van der Waals surface area contributed by atoms with Gasteiger partial charge in [0.15, 0.2) is 5.69 Å². The Labute approximate surface area is 151 Å². The van der Waals surface area contributed by atoms with E-state index in [0.29, 0.717) is 17.7 Å². The summed E-state index contributed by atoms with van der Waals surface area (Å²) in [6.45, 7) is 16.7. The molecule has 2 fully saturated rings. The maximum atomic E-state index is 13.0. The number of carbonyl (C=O) groups is 1. The molecule has 1 aromatic rings. The molecule has 0 aliphatic carbocycles. The van der Waals surface area contributed by atoms with E-state index < -0.39 is 0 Å². The highest BCUT2D eigenvalue weighted by Gasteiger charge is 2.33. The van der Waals surface area contributed by atoms with Gasteiger partial charge in [-0.1, -0.05) is 13.8 Å². The van der Waals surface area contributed by atoms with Crippen LogP contribution in [0.1, 0.15) is 63.1 Å². The molecule has 6 heteroatoms. The topological polar surface area (TPSA) is 53.4 Å². The van der Waals surface area contributed by atoms with E-state index in [9.17, 15) is 4.79 Å². The summed E-state index contributed by atoms with van der Waals surface area (Å²) >= 11 is 0. The van der Waals surface area contributed by atoms with Crippen LogP contribution in [0.2, 0.25) is 0 Å². The first-order valence-corrected chi connectivity index (χ1v) is 9.62. The molecule has 2 aliphatic rings. The highest BCUT2D eigenvalue weighted by atomic mass is 16.2. The van der Waals surface area contributed by atoms with Crippen LogP contribution in [-0.4, -0.2) is 70.8 Å². The number of hydrogen-bond acceptors (Lipinski definition) is 4. The third-order valence-corrected chi connectivity index (χ3v) is 5.30. The number of likely N-dealkylation sites (tertiary alicyclic amines) is 1. The van der Waals surface area contributed by atoms with Crippen molar-refractivity contribution in [1.82, 2.24) is 24.9 Å². The van der Waals surface area contributed by atoms with Crippen LogP contribution in [0.4, 0.5) is 0 Å². The van der Waals surface area contributed by atoms with Gasteiger partial charge in [0.05, 0.1) is 5.54 Å². The Bertz CT molecular complexity index is 610. The number of nitrogens with zero attached hydrogens (tertiary/aromatic N) is 4. The van der Waals surface area contributed by atoms with Crippen molar-refractivity contribution in [2.45, 2.75) is 58.5 Å². The molecule has 6 nitrogen and oxygen atoms in total. The number of hydrogen-bond donors (Lipinski definition) is 1. The van der Waals surface area contributed by atoms with Crippen molar-refractivity contribution < 1.29 is 4.79 Å². The Balaban J connectivity index is 1.73. The molecule has 0 radical (unpaired) electrons. The van der Waals surface area contributed by atoms with Crippen molar-refractivity contribution in [3.05, 3.63) is 17.5 Å². The third kappa shape index (κ3) is 3.90. The molecule has 1 atom stereocenters. The van der Waals surface area contributed by atoms with E-state index in [-0.39, 0.29) is 11.4 Å². The summed E-state index contributed by atoms with van der Waals surface area (Å²) in [5.41, 5.74) is 1.61. The Morgan fingerprint density at radius 2 is 1.92 bits per heavy atom. The van der Waals surface area contributed by atoms with Crippen molar-refractivity contribution in [1.29, 1.82) is 0 Å². The first-order valence-electron chi connectivity index (χ1n) is 9.62. The van der Waals surface area contributed by atoms with Crippen LogP contribution < -0.4 is 5.32 Å². The average Bonchev–Trinajstić information content (AvgIpc) is 3.22.